The highest BCUT2D eigenvalue weighted by molar-refractivity contribution is 7.11. The number of nitrogens with zero attached hydrogens (tertiary/aromatic N) is 1. The lowest BCUT2D eigenvalue weighted by molar-refractivity contribution is 0.0275. The molecule has 0 bridgehead atoms. The maximum absolute atomic E-state index is 5.72. The minimum atomic E-state index is 0.190. The summed E-state index contributed by atoms with van der Waals surface area (Å²) in [5.41, 5.74) is 1.34. The van der Waals surface area contributed by atoms with Crippen molar-refractivity contribution in [1.82, 2.24) is 10.3 Å². The van der Waals surface area contributed by atoms with E-state index in [1.807, 2.05) is 11.3 Å². The van der Waals surface area contributed by atoms with Crippen LogP contribution in [0.15, 0.2) is 0 Å². The van der Waals surface area contributed by atoms with E-state index in [-0.39, 0.29) is 6.10 Å². The van der Waals surface area contributed by atoms with Gasteiger partial charge in [0.15, 0.2) is 0 Å². The van der Waals surface area contributed by atoms with Crippen LogP contribution in [-0.4, -0.2) is 24.7 Å². The summed E-state index contributed by atoms with van der Waals surface area (Å²) in [6, 6.07) is 0. The second-order valence-corrected chi connectivity index (χ2v) is 5.57. The van der Waals surface area contributed by atoms with E-state index in [9.17, 15) is 0 Å². The number of morpholine rings is 1. The number of rotatable bonds is 2. The van der Waals surface area contributed by atoms with Crippen LogP contribution < -0.4 is 5.32 Å². The molecule has 3 nitrogen and oxygen atoms in total. The Bertz CT molecular complexity index is 353. The molecule has 1 unspecified atom stereocenters. The Morgan fingerprint density at radius 3 is 3.00 bits per heavy atom. The fourth-order valence-electron chi connectivity index (χ4n) is 2.03. The van der Waals surface area contributed by atoms with E-state index in [1.165, 1.54) is 28.4 Å². The van der Waals surface area contributed by atoms with E-state index in [0.717, 1.165) is 25.6 Å². The van der Waals surface area contributed by atoms with Crippen LogP contribution in [0.3, 0.4) is 0 Å². The molecule has 3 rings (SSSR count). The average Bonchev–Trinajstić information content (AvgIpc) is 3.04. The van der Waals surface area contributed by atoms with Gasteiger partial charge in [0.25, 0.3) is 0 Å². The summed E-state index contributed by atoms with van der Waals surface area (Å²) in [6.07, 6.45) is 2.84. The van der Waals surface area contributed by atoms with Gasteiger partial charge in [-0.3, -0.25) is 0 Å². The zero-order valence-corrected chi connectivity index (χ0v) is 9.77. The molecule has 1 aromatic rings. The van der Waals surface area contributed by atoms with Gasteiger partial charge in [-0.1, -0.05) is 0 Å². The van der Waals surface area contributed by atoms with Gasteiger partial charge in [0.1, 0.15) is 11.1 Å². The van der Waals surface area contributed by atoms with Gasteiger partial charge in [0.2, 0.25) is 0 Å². The molecule has 2 aliphatic rings. The van der Waals surface area contributed by atoms with Crippen molar-refractivity contribution in [3.63, 3.8) is 0 Å². The van der Waals surface area contributed by atoms with Gasteiger partial charge in [-0.05, 0) is 19.8 Å². The van der Waals surface area contributed by atoms with Gasteiger partial charge in [-0.2, -0.15) is 0 Å². The molecule has 2 heterocycles. The summed E-state index contributed by atoms with van der Waals surface area (Å²) in [4.78, 5) is 6.14. The molecule has 0 spiro atoms. The van der Waals surface area contributed by atoms with E-state index in [0.29, 0.717) is 0 Å². The highest BCUT2D eigenvalue weighted by atomic mass is 32.1. The summed E-state index contributed by atoms with van der Waals surface area (Å²) in [6.45, 7) is 4.88. The molecule has 0 aromatic carbocycles. The third-order valence-corrected chi connectivity index (χ3v) is 4.09. The topological polar surface area (TPSA) is 34.1 Å². The molecule has 1 N–H and O–H groups in total. The Morgan fingerprint density at radius 1 is 1.47 bits per heavy atom. The van der Waals surface area contributed by atoms with Crippen LogP contribution in [0.2, 0.25) is 0 Å². The average molecular weight is 224 g/mol. The second-order valence-electron chi connectivity index (χ2n) is 4.33. The Morgan fingerprint density at radius 2 is 2.33 bits per heavy atom. The van der Waals surface area contributed by atoms with Gasteiger partial charge in [0.05, 0.1) is 12.3 Å². The minimum Gasteiger partial charge on any atom is -0.368 e. The molecule has 1 saturated heterocycles. The van der Waals surface area contributed by atoms with Gasteiger partial charge in [0, 0.05) is 23.9 Å². The maximum atomic E-state index is 5.72. The Hall–Kier alpha value is -0.450. The molecule has 2 fully saturated rings. The summed E-state index contributed by atoms with van der Waals surface area (Å²) in [5, 5.41) is 4.52. The molecule has 0 radical (unpaired) electrons. The molecular weight excluding hydrogens is 208 g/mol. The molecular formula is C11H16N2OS. The minimum absolute atomic E-state index is 0.190. The molecule has 1 atom stereocenters. The fraction of sp³-hybridized carbons (Fsp3) is 0.727. The molecule has 82 valence electrons. The van der Waals surface area contributed by atoms with E-state index in [1.54, 1.807) is 0 Å². The highest BCUT2D eigenvalue weighted by Gasteiger charge is 2.30. The number of aryl methyl sites for hydroxylation is 1. The lowest BCUT2D eigenvalue weighted by Gasteiger charge is -2.21. The molecule has 0 amide bonds. The molecule has 1 aliphatic heterocycles. The zero-order chi connectivity index (χ0) is 10.3. The first-order chi connectivity index (χ1) is 7.34. The van der Waals surface area contributed by atoms with Crippen LogP contribution in [0.5, 0.6) is 0 Å². The number of hydrogen-bond acceptors (Lipinski definition) is 4. The number of thiazole rings is 1. The highest BCUT2D eigenvalue weighted by Crippen LogP contribution is 2.43. The first kappa shape index (κ1) is 9.75. The number of ether oxygens (including phenoxy) is 1. The summed E-state index contributed by atoms with van der Waals surface area (Å²) < 4.78 is 5.72. The van der Waals surface area contributed by atoms with Crippen molar-refractivity contribution in [2.75, 3.05) is 19.7 Å². The first-order valence-corrected chi connectivity index (χ1v) is 6.46. The van der Waals surface area contributed by atoms with E-state index in [4.69, 9.17) is 9.72 Å². The molecule has 4 heteroatoms. The SMILES string of the molecule is Cc1sc(C2CNCCO2)nc1C1CC1. The van der Waals surface area contributed by atoms with Crippen molar-refractivity contribution in [3.05, 3.63) is 15.6 Å². The Balaban J connectivity index is 1.81. The largest absolute Gasteiger partial charge is 0.368 e. The van der Waals surface area contributed by atoms with E-state index >= 15 is 0 Å². The van der Waals surface area contributed by atoms with Crippen LogP contribution in [0.4, 0.5) is 0 Å². The molecule has 1 aliphatic carbocycles. The summed E-state index contributed by atoms with van der Waals surface area (Å²) >= 11 is 1.81. The molecule has 1 saturated carbocycles. The van der Waals surface area contributed by atoms with Crippen molar-refractivity contribution in [1.29, 1.82) is 0 Å². The van der Waals surface area contributed by atoms with Crippen molar-refractivity contribution in [2.45, 2.75) is 31.8 Å². The van der Waals surface area contributed by atoms with Crippen LogP contribution in [0.25, 0.3) is 0 Å². The van der Waals surface area contributed by atoms with Gasteiger partial charge < -0.3 is 10.1 Å². The predicted octanol–water partition coefficient (Wildman–Crippen LogP) is 1.99. The van der Waals surface area contributed by atoms with Gasteiger partial charge in [-0.15, -0.1) is 11.3 Å². The van der Waals surface area contributed by atoms with Crippen molar-refractivity contribution >= 4 is 11.3 Å². The van der Waals surface area contributed by atoms with Gasteiger partial charge >= 0.3 is 0 Å². The smallest absolute Gasteiger partial charge is 0.123 e. The monoisotopic (exact) mass is 224 g/mol. The van der Waals surface area contributed by atoms with Crippen LogP contribution in [0.1, 0.15) is 40.4 Å². The second kappa shape index (κ2) is 3.85. The third-order valence-electron chi connectivity index (χ3n) is 3.02. The van der Waals surface area contributed by atoms with Gasteiger partial charge in [-0.25, -0.2) is 4.98 Å². The third kappa shape index (κ3) is 1.94. The van der Waals surface area contributed by atoms with Crippen LogP contribution >= 0.6 is 11.3 Å². The van der Waals surface area contributed by atoms with Crippen molar-refractivity contribution in [3.8, 4) is 0 Å². The van der Waals surface area contributed by atoms with Crippen LogP contribution in [0, 0.1) is 6.92 Å². The van der Waals surface area contributed by atoms with Crippen molar-refractivity contribution in [2.24, 2.45) is 0 Å². The summed E-state index contributed by atoms with van der Waals surface area (Å²) in [5.74, 6) is 0.756. The number of aromatic nitrogens is 1. The normalized spacial score (nSPS) is 26.9. The number of hydrogen-bond donors (Lipinski definition) is 1. The van der Waals surface area contributed by atoms with Crippen molar-refractivity contribution < 1.29 is 4.74 Å². The molecule has 15 heavy (non-hydrogen) atoms. The first-order valence-electron chi connectivity index (χ1n) is 5.64. The predicted molar refractivity (Wildman–Crippen MR) is 60.4 cm³/mol. The van der Waals surface area contributed by atoms with E-state index < -0.39 is 0 Å². The zero-order valence-electron chi connectivity index (χ0n) is 8.95. The lowest BCUT2D eigenvalue weighted by Crippen LogP contribution is -2.33. The quantitative estimate of drug-likeness (QED) is 0.834. The fourth-order valence-corrected chi connectivity index (χ4v) is 3.08. The number of nitrogens with one attached hydrogen (secondary N) is 1. The van der Waals surface area contributed by atoms with Crippen LogP contribution in [-0.2, 0) is 4.74 Å². The standard InChI is InChI=1S/C11H16N2OS/c1-7-10(8-2-3-8)13-11(15-7)9-6-12-4-5-14-9/h8-9,12H,2-6H2,1H3. The Kier molecular flexibility index (Phi) is 2.50. The Labute approximate surface area is 93.9 Å². The van der Waals surface area contributed by atoms with E-state index in [2.05, 4.69) is 12.2 Å². The molecule has 1 aromatic heterocycles. The maximum Gasteiger partial charge on any atom is 0.123 e. The lowest BCUT2D eigenvalue weighted by atomic mass is 10.2. The summed E-state index contributed by atoms with van der Waals surface area (Å²) in [7, 11) is 0.